The van der Waals surface area contributed by atoms with Gasteiger partial charge in [-0.25, -0.2) is 0 Å². The maximum absolute atomic E-state index is 2.36. The molecule has 0 unspecified atom stereocenters. The summed E-state index contributed by atoms with van der Waals surface area (Å²) in [6.07, 6.45) is 2.39. The van der Waals surface area contributed by atoms with Crippen LogP contribution in [0.3, 0.4) is 0 Å². The molecule has 0 spiro atoms. The molecule has 0 radical (unpaired) electrons. The summed E-state index contributed by atoms with van der Waals surface area (Å²) in [4.78, 5) is 2.26. The van der Waals surface area contributed by atoms with E-state index in [0.717, 1.165) is 6.54 Å². The van der Waals surface area contributed by atoms with E-state index in [4.69, 9.17) is 0 Å². The maximum atomic E-state index is 2.36. The molecule has 0 aliphatic heterocycles. The number of aromatic nitrogens is 1. The van der Waals surface area contributed by atoms with Crippen LogP contribution in [0.25, 0.3) is 10.9 Å². The monoisotopic (exact) mass is 258 g/mol. The Hall–Kier alpha value is -1.28. The fourth-order valence-electron chi connectivity index (χ4n) is 3.09. The SMILES string of the molecule is Cc1cc(C)c2c(c1)c(CCCN(C)C)c(C)n2C. The first-order valence-corrected chi connectivity index (χ1v) is 7.11. The average Bonchev–Trinajstić information content (AvgIpc) is 2.53. The lowest BCUT2D eigenvalue weighted by Gasteiger charge is -2.09. The Kier molecular flexibility index (Phi) is 4.00. The fourth-order valence-corrected chi connectivity index (χ4v) is 3.09. The van der Waals surface area contributed by atoms with Crippen molar-refractivity contribution in [1.29, 1.82) is 0 Å². The summed E-state index contributed by atoms with van der Waals surface area (Å²) in [5.41, 5.74) is 7.11. The lowest BCUT2D eigenvalue weighted by molar-refractivity contribution is 0.400. The fraction of sp³-hybridized carbons (Fsp3) is 0.529. The van der Waals surface area contributed by atoms with E-state index in [1.807, 2.05) is 0 Å². The molecule has 0 saturated carbocycles. The van der Waals surface area contributed by atoms with Crippen molar-refractivity contribution in [1.82, 2.24) is 9.47 Å². The molecular weight excluding hydrogens is 232 g/mol. The minimum absolute atomic E-state index is 1.15. The van der Waals surface area contributed by atoms with Crippen LogP contribution in [0, 0.1) is 20.8 Å². The number of aryl methyl sites for hydroxylation is 4. The molecule has 0 fully saturated rings. The van der Waals surface area contributed by atoms with E-state index in [1.165, 1.54) is 46.1 Å². The van der Waals surface area contributed by atoms with Crippen molar-refractivity contribution in [2.24, 2.45) is 7.05 Å². The van der Waals surface area contributed by atoms with Crippen molar-refractivity contribution in [3.05, 3.63) is 34.5 Å². The summed E-state index contributed by atoms with van der Waals surface area (Å²) >= 11 is 0. The quantitative estimate of drug-likeness (QED) is 0.813. The topological polar surface area (TPSA) is 8.17 Å². The summed E-state index contributed by atoms with van der Waals surface area (Å²) in [5.74, 6) is 0. The predicted molar refractivity (Wildman–Crippen MR) is 84.0 cm³/mol. The van der Waals surface area contributed by atoms with Gasteiger partial charge < -0.3 is 9.47 Å². The van der Waals surface area contributed by atoms with Crippen molar-refractivity contribution >= 4 is 10.9 Å². The van der Waals surface area contributed by atoms with Gasteiger partial charge in [-0.05, 0) is 71.4 Å². The van der Waals surface area contributed by atoms with Gasteiger partial charge in [0.2, 0.25) is 0 Å². The number of hydrogen-bond donors (Lipinski definition) is 0. The van der Waals surface area contributed by atoms with Gasteiger partial charge in [-0.3, -0.25) is 0 Å². The summed E-state index contributed by atoms with van der Waals surface area (Å²) in [6, 6.07) is 4.63. The zero-order valence-corrected chi connectivity index (χ0v) is 13.2. The lowest BCUT2D eigenvalue weighted by Crippen LogP contribution is -2.13. The number of benzene rings is 1. The number of hydrogen-bond acceptors (Lipinski definition) is 1. The van der Waals surface area contributed by atoms with Crippen LogP contribution in [0.1, 0.15) is 28.8 Å². The van der Waals surface area contributed by atoms with E-state index >= 15 is 0 Å². The Morgan fingerprint density at radius 2 is 1.79 bits per heavy atom. The zero-order chi connectivity index (χ0) is 14.2. The second kappa shape index (κ2) is 5.38. The van der Waals surface area contributed by atoms with Crippen LogP contribution in [0.4, 0.5) is 0 Å². The van der Waals surface area contributed by atoms with Crippen LogP contribution in [-0.2, 0) is 13.5 Å². The highest BCUT2D eigenvalue weighted by atomic mass is 15.0. The van der Waals surface area contributed by atoms with E-state index in [9.17, 15) is 0 Å². The number of rotatable bonds is 4. The molecule has 2 rings (SSSR count). The van der Waals surface area contributed by atoms with E-state index in [0.29, 0.717) is 0 Å². The smallest absolute Gasteiger partial charge is 0.0512 e. The molecule has 2 heteroatoms. The van der Waals surface area contributed by atoms with Gasteiger partial charge in [0.05, 0.1) is 5.52 Å². The Labute approximate surface area is 117 Å². The first-order valence-electron chi connectivity index (χ1n) is 7.11. The van der Waals surface area contributed by atoms with Gasteiger partial charge in [-0.2, -0.15) is 0 Å². The van der Waals surface area contributed by atoms with Gasteiger partial charge in [-0.15, -0.1) is 0 Å². The first kappa shape index (κ1) is 14.1. The van der Waals surface area contributed by atoms with Crippen LogP contribution in [0.2, 0.25) is 0 Å². The Balaban J connectivity index is 2.45. The predicted octanol–water partition coefficient (Wildman–Crippen LogP) is 3.60. The number of nitrogens with zero attached hydrogens (tertiary/aromatic N) is 2. The molecular formula is C17H26N2. The third-order valence-electron chi connectivity index (χ3n) is 4.08. The highest BCUT2D eigenvalue weighted by molar-refractivity contribution is 5.88. The highest BCUT2D eigenvalue weighted by Crippen LogP contribution is 2.29. The summed E-state index contributed by atoms with van der Waals surface area (Å²) in [7, 11) is 6.48. The van der Waals surface area contributed by atoms with Gasteiger partial charge in [0.15, 0.2) is 0 Å². The molecule has 2 aromatic rings. The second-order valence-corrected chi connectivity index (χ2v) is 6.01. The molecule has 1 aromatic carbocycles. The van der Waals surface area contributed by atoms with Crippen molar-refractivity contribution < 1.29 is 0 Å². The van der Waals surface area contributed by atoms with Crippen LogP contribution in [0.5, 0.6) is 0 Å². The van der Waals surface area contributed by atoms with Gasteiger partial charge in [0.25, 0.3) is 0 Å². The highest BCUT2D eigenvalue weighted by Gasteiger charge is 2.13. The summed E-state index contributed by atoms with van der Waals surface area (Å²) in [5, 5.41) is 1.45. The van der Waals surface area contributed by atoms with E-state index < -0.39 is 0 Å². The van der Waals surface area contributed by atoms with Crippen molar-refractivity contribution in [3.8, 4) is 0 Å². The van der Waals surface area contributed by atoms with Gasteiger partial charge >= 0.3 is 0 Å². The van der Waals surface area contributed by atoms with Crippen molar-refractivity contribution in [3.63, 3.8) is 0 Å². The molecule has 0 aliphatic rings. The third kappa shape index (κ3) is 2.69. The molecule has 1 heterocycles. The molecule has 0 bridgehead atoms. The van der Waals surface area contributed by atoms with Crippen LogP contribution < -0.4 is 0 Å². The van der Waals surface area contributed by atoms with E-state index in [1.54, 1.807) is 0 Å². The second-order valence-electron chi connectivity index (χ2n) is 6.01. The zero-order valence-electron chi connectivity index (χ0n) is 13.2. The van der Waals surface area contributed by atoms with E-state index in [-0.39, 0.29) is 0 Å². The van der Waals surface area contributed by atoms with Crippen LogP contribution >= 0.6 is 0 Å². The molecule has 1 aromatic heterocycles. The minimum Gasteiger partial charge on any atom is -0.347 e. The van der Waals surface area contributed by atoms with Crippen LogP contribution in [0.15, 0.2) is 12.1 Å². The molecule has 104 valence electrons. The first-order chi connectivity index (χ1) is 8.91. The van der Waals surface area contributed by atoms with Crippen molar-refractivity contribution in [2.45, 2.75) is 33.6 Å². The summed E-state index contributed by atoms with van der Waals surface area (Å²) in [6.45, 7) is 7.82. The van der Waals surface area contributed by atoms with Gasteiger partial charge in [0, 0.05) is 18.1 Å². The Morgan fingerprint density at radius 1 is 1.11 bits per heavy atom. The summed E-state index contributed by atoms with van der Waals surface area (Å²) < 4.78 is 2.36. The molecule has 0 amide bonds. The Bertz CT molecular complexity index is 591. The third-order valence-corrected chi connectivity index (χ3v) is 4.08. The lowest BCUT2D eigenvalue weighted by atomic mass is 10.0. The molecule has 2 nitrogen and oxygen atoms in total. The maximum Gasteiger partial charge on any atom is 0.0512 e. The van der Waals surface area contributed by atoms with Gasteiger partial charge in [0.1, 0.15) is 0 Å². The molecule has 0 aliphatic carbocycles. The normalized spacial score (nSPS) is 11.7. The minimum atomic E-state index is 1.15. The molecule has 0 N–H and O–H groups in total. The standard InChI is InChI=1S/C17H26N2/c1-12-10-13(2)17-16(11-12)15(14(3)19(17)6)8-7-9-18(4)5/h10-11H,7-9H2,1-6H3. The Morgan fingerprint density at radius 3 is 2.42 bits per heavy atom. The largest absolute Gasteiger partial charge is 0.347 e. The van der Waals surface area contributed by atoms with E-state index in [2.05, 4.69) is 63.5 Å². The molecule has 19 heavy (non-hydrogen) atoms. The molecule has 0 atom stereocenters. The number of fused-ring (bicyclic) bond motifs is 1. The average molecular weight is 258 g/mol. The van der Waals surface area contributed by atoms with Crippen LogP contribution in [-0.4, -0.2) is 30.1 Å². The van der Waals surface area contributed by atoms with Gasteiger partial charge in [-0.1, -0.05) is 11.6 Å². The molecule has 0 saturated heterocycles. The van der Waals surface area contributed by atoms with Crippen molar-refractivity contribution in [2.75, 3.05) is 20.6 Å².